The molecule has 1 aliphatic heterocycles. The maximum Gasteiger partial charge on any atom is 0.332 e. The monoisotopic (exact) mass is 388 g/mol. The second-order valence-electron chi connectivity index (χ2n) is 6.59. The highest BCUT2D eigenvalue weighted by molar-refractivity contribution is 7.99. The van der Waals surface area contributed by atoms with E-state index in [-0.39, 0.29) is 0 Å². The Balaban J connectivity index is 0.000000380. The molecule has 0 aromatic heterocycles. The van der Waals surface area contributed by atoms with Crippen molar-refractivity contribution >= 4 is 23.4 Å². The zero-order valence-corrected chi connectivity index (χ0v) is 16.9. The first-order chi connectivity index (χ1) is 12.9. The van der Waals surface area contributed by atoms with E-state index in [1.165, 1.54) is 33.5 Å². The number of nitrogens with one attached hydrogen (secondary N) is 1. The molecule has 6 heteroatoms. The van der Waals surface area contributed by atoms with Crippen LogP contribution in [0.15, 0.2) is 52.3 Å². The van der Waals surface area contributed by atoms with Crippen molar-refractivity contribution < 1.29 is 15.0 Å². The van der Waals surface area contributed by atoms with Crippen LogP contribution in [0.3, 0.4) is 0 Å². The van der Waals surface area contributed by atoms with Gasteiger partial charge in [-0.3, -0.25) is 0 Å². The molecule has 1 unspecified atom stereocenters. The number of benzene rings is 2. The molecule has 1 atom stereocenters. The summed E-state index contributed by atoms with van der Waals surface area (Å²) in [6.45, 7) is 9.86. The highest BCUT2D eigenvalue weighted by Crippen LogP contribution is 2.37. The molecule has 1 saturated heterocycles. The van der Waals surface area contributed by atoms with Crippen molar-refractivity contribution in [3.05, 3.63) is 53.6 Å². The lowest BCUT2D eigenvalue weighted by molar-refractivity contribution is -0.145. The molecule has 0 aliphatic carbocycles. The number of aliphatic hydroxyl groups excluding tert-OH is 1. The predicted octanol–water partition coefficient (Wildman–Crippen LogP) is 3.32. The van der Waals surface area contributed by atoms with E-state index in [1.807, 2.05) is 11.8 Å². The highest BCUT2D eigenvalue weighted by atomic mass is 32.2. The van der Waals surface area contributed by atoms with E-state index in [2.05, 4.69) is 66.5 Å². The fourth-order valence-corrected chi connectivity index (χ4v) is 3.78. The standard InChI is InChI=1S/C18H22N2S.C3H6O3/c1-14-7-8-17(15(2)13-14)21-18-6-4-3-5-16(18)20-11-9-19-10-12-20;1-2(4)3(5)6/h3-8,13,19H,9-12H2,1-2H3;2,4H,1H3,(H,5,6). The molecule has 3 N–H and O–H groups in total. The Morgan fingerprint density at radius 3 is 2.33 bits per heavy atom. The van der Waals surface area contributed by atoms with E-state index < -0.39 is 12.1 Å². The van der Waals surface area contributed by atoms with Crippen LogP contribution >= 0.6 is 11.8 Å². The van der Waals surface area contributed by atoms with Gasteiger partial charge < -0.3 is 20.4 Å². The number of para-hydroxylation sites is 1. The fourth-order valence-electron chi connectivity index (χ4n) is 2.74. The van der Waals surface area contributed by atoms with Gasteiger partial charge in [-0.2, -0.15) is 0 Å². The van der Waals surface area contributed by atoms with Gasteiger partial charge in [0.15, 0.2) is 0 Å². The van der Waals surface area contributed by atoms with Crippen LogP contribution in [-0.4, -0.2) is 48.5 Å². The van der Waals surface area contributed by atoms with Crippen LogP contribution in [0.2, 0.25) is 0 Å². The summed E-state index contributed by atoms with van der Waals surface area (Å²) >= 11 is 1.88. The number of anilines is 1. The Labute approximate surface area is 165 Å². The minimum Gasteiger partial charge on any atom is -0.479 e. The SMILES string of the molecule is CC(O)C(=O)O.Cc1ccc(Sc2ccccc2N2CCNCC2)c(C)c1. The van der Waals surface area contributed by atoms with E-state index in [0.29, 0.717) is 0 Å². The Morgan fingerprint density at radius 1 is 1.11 bits per heavy atom. The number of aryl methyl sites for hydroxylation is 2. The molecule has 0 spiro atoms. The summed E-state index contributed by atoms with van der Waals surface area (Å²) < 4.78 is 0. The number of rotatable bonds is 4. The third-order valence-electron chi connectivity index (χ3n) is 4.23. The zero-order valence-electron chi connectivity index (χ0n) is 16.1. The Kier molecular flexibility index (Phi) is 8.16. The van der Waals surface area contributed by atoms with Crippen LogP contribution in [0, 0.1) is 13.8 Å². The number of carboxylic acid groups (broad SMARTS) is 1. The summed E-state index contributed by atoms with van der Waals surface area (Å²) in [6.07, 6.45) is -1.23. The number of aliphatic hydroxyl groups is 1. The zero-order chi connectivity index (χ0) is 19.8. The van der Waals surface area contributed by atoms with Crippen LogP contribution in [0.4, 0.5) is 5.69 Å². The molecule has 1 aliphatic rings. The van der Waals surface area contributed by atoms with Gasteiger partial charge in [-0.1, -0.05) is 41.6 Å². The van der Waals surface area contributed by atoms with Crippen LogP contribution < -0.4 is 10.2 Å². The molecule has 0 radical (unpaired) electrons. The summed E-state index contributed by atoms with van der Waals surface area (Å²) in [4.78, 5) is 14.6. The molecule has 146 valence electrons. The lowest BCUT2D eigenvalue weighted by Crippen LogP contribution is -2.43. The van der Waals surface area contributed by atoms with E-state index in [0.717, 1.165) is 26.2 Å². The fraction of sp³-hybridized carbons (Fsp3) is 0.381. The van der Waals surface area contributed by atoms with Gasteiger partial charge in [0.1, 0.15) is 6.10 Å². The number of hydrogen-bond donors (Lipinski definition) is 3. The number of hydrogen-bond acceptors (Lipinski definition) is 5. The molecule has 2 aromatic carbocycles. The van der Waals surface area contributed by atoms with Crippen molar-refractivity contribution in [2.24, 2.45) is 0 Å². The van der Waals surface area contributed by atoms with Gasteiger partial charge in [-0.25, -0.2) is 4.79 Å². The molecular weight excluding hydrogens is 360 g/mol. The van der Waals surface area contributed by atoms with Crippen molar-refractivity contribution in [3.63, 3.8) is 0 Å². The summed E-state index contributed by atoms with van der Waals surface area (Å²) in [6, 6.07) is 15.5. The van der Waals surface area contributed by atoms with Gasteiger partial charge in [0.2, 0.25) is 0 Å². The lowest BCUT2D eigenvalue weighted by atomic mass is 10.2. The van der Waals surface area contributed by atoms with Crippen LogP contribution in [0.1, 0.15) is 18.1 Å². The third kappa shape index (κ3) is 6.57. The second-order valence-corrected chi connectivity index (χ2v) is 7.67. The van der Waals surface area contributed by atoms with E-state index in [4.69, 9.17) is 10.2 Å². The average molecular weight is 389 g/mol. The molecule has 5 nitrogen and oxygen atoms in total. The largest absolute Gasteiger partial charge is 0.479 e. The summed E-state index contributed by atoms with van der Waals surface area (Å²) in [5.41, 5.74) is 4.05. The van der Waals surface area contributed by atoms with Gasteiger partial charge in [0, 0.05) is 36.0 Å². The second kappa shape index (κ2) is 10.3. The first-order valence-corrected chi connectivity index (χ1v) is 9.91. The van der Waals surface area contributed by atoms with Crippen molar-refractivity contribution in [2.45, 2.75) is 36.7 Å². The smallest absolute Gasteiger partial charge is 0.332 e. The normalized spacial score (nSPS) is 14.9. The first kappa shape index (κ1) is 21.3. The van der Waals surface area contributed by atoms with E-state index in [9.17, 15) is 4.79 Å². The van der Waals surface area contributed by atoms with Crippen molar-refractivity contribution in [1.29, 1.82) is 0 Å². The number of carboxylic acids is 1. The molecule has 1 heterocycles. The number of carbonyl (C=O) groups is 1. The molecular formula is C21H28N2O3S. The lowest BCUT2D eigenvalue weighted by Gasteiger charge is -2.31. The highest BCUT2D eigenvalue weighted by Gasteiger charge is 2.14. The van der Waals surface area contributed by atoms with Crippen molar-refractivity contribution in [1.82, 2.24) is 5.32 Å². The number of nitrogens with zero attached hydrogens (tertiary/aromatic N) is 1. The molecule has 27 heavy (non-hydrogen) atoms. The third-order valence-corrected chi connectivity index (χ3v) is 5.47. The molecule has 0 bridgehead atoms. The number of piperazine rings is 1. The predicted molar refractivity (Wildman–Crippen MR) is 111 cm³/mol. The summed E-state index contributed by atoms with van der Waals surface area (Å²) in [7, 11) is 0. The minimum absolute atomic E-state index is 1.07. The van der Waals surface area contributed by atoms with Crippen molar-refractivity contribution in [2.75, 3.05) is 31.1 Å². The number of aliphatic carboxylic acids is 1. The summed E-state index contributed by atoms with van der Waals surface area (Å²) in [5, 5.41) is 19.2. The minimum atomic E-state index is -1.23. The van der Waals surface area contributed by atoms with Gasteiger partial charge in [0.05, 0.1) is 5.69 Å². The molecule has 2 aromatic rings. The van der Waals surface area contributed by atoms with Crippen LogP contribution in [-0.2, 0) is 4.79 Å². The Bertz CT molecular complexity index is 759. The topological polar surface area (TPSA) is 72.8 Å². The first-order valence-electron chi connectivity index (χ1n) is 9.09. The summed E-state index contributed by atoms with van der Waals surface area (Å²) in [5.74, 6) is -1.19. The van der Waals surface area contributed by atoms with E-state index >= 15 is 0 Å². The van der Waals surface area contributed by atoms with E-state index in [1.54, 1.807) is 0 Å². The van der Waals surface area contributed by atoms with Crippen LogP contribution in [0.25, 0.3) is 0 Å². The molecule has 0 amide bonds. The molecule has 1 fully saturated rings. The maximum atomic E-state index is 9.45. The molecule has 3 rings (SSSR count). The maximum absolute atomic E-state index is 9.45. The van der Waals surface area contributed by atoms with Crippen molar-refractivity contribution in [3.8, 4) is 0 Å². The van der Waals surface area contributed by atoms with Gasteiger partial charge in [0.25, 0.3) is 0 Å². The van der Waals surface area contributed by atoms with Gasteiger partial charge in [-0.15, -0.1) is 0 Å². The van der Waals surface area contributed by atoms with Gasteiger partial charge >= 0.3 is 5.97 Å². The Morgan fingerprint density at radius 2 is 1.74 bits per heavy atom. The average Bonchev–Trinajstić information content (AvgIpc) is 2.65. The van der Waals surface area contributed by atoms with Gasteiger partial charge in [-0.05, 0) is 44.5 Å². The molecule has 0 saturated carbocycles. The van der Waals surface area contributed by atoms with Crippen LogP contribution in [0.5, 0.6) is 0 Å². The quantitative estimate of drug-likeness (QED) is 0.746. The Hall–Kier alpha value is -2.02.